The highest BCUT2D eigenvalue weighted by Crippen LogP contribution is 2.32. The molecule has 0 unspecified atom stereocenters. The number of hydrogen-bond acceptors (Lipinski definition) is 0. The second kappa shape index (κ2) is 5.75. The van der Waals surface area contributed by atoms with E-state index < -0.39 is 0 Å². The molecule has 0 saturated heterocycles. The van der Waals surface area contributed by atoms with Crippen molar-refractivity contribution >= 4 is 0 Å². The second-order valence-corrected chi connectivity index (χ2v) is 4.97. The van der Waals surface area contributed by atoms with Crippen molar-refractivity contribution in [2.45, 2.75) is 13.3 Å². The van der Waals surface area contributed by atoms with Crippen molar-refractivity contribution < 1.29 is 0 Å². The Morgan fingerprint density at radius 3 is 1.70 bits per heavy atom. The van der Waals surface area contributed by atoms with Crippen molar-refractivity contribution in [2.24, 2.45) is 0 Å². The first kappa shape index (κ1) is 12.7. The van der Waals surface area contributed by atoms with Gasteiger partial charge in [-0.3, -0.25) is 0 Å². The van der Waals surface area contributed by atoms with Crippen LogP contribution in [0.25, 0.3) is 22.3 Å². The molecule has 3 aromatic carbocycles. The third-order valence-electron chi connectivity index (χ3n) is 3.66. The molecular weight excluding hydrogens is 240 g/mol. The van der Waals surface area contributed by atoms with E-state index in [1.807, 2.05) is 0 Å². The largest absolute Gasteiger partial charge is 0.0622 e. The van der Waals surface area contributed by atoms with E-state index >= 15 is 0 Å². The van der Waals surface area contributed by atoms with E-state index in [-0.39, 0.29) is 0 Å². The van der Waals surface area contributed by atoms with Gasteiger partial charge in [-0.2, -0.15) is 0 Å². The third-order valence-corrected chi connectivity index (χ3v) is 3.66. The van der Waals surface area contributed by atoms with Crippen molar-refractivity contribution in [3.8, 4) is 22.3 Å². The summed E-state index contributed by atoms with van der Waals surface area (Å²) in [6, 6.07) is 28.0. The van der Waals surface area contributed by atoms with Gasteiger partial charge in [-0.05, 0) is 34.2 Å². The summed E-state index contributed by atoms with van der Waals surface area (Å²) in [6.45, 7) is 2.20. The molecule has 0 nitrogen and oxygen atoms in total. The van der Waals surface area contributed by atoms with E-state index in [1.54, 1.807) is 0 Å². The van der Waals surface area contributed by atoms with Crippen molar-refractivity contribution in [3.05, 3.63) is 84.4 Å². The second-order valence-electron chi connectivity index (χ2n) is 4.97. The molecule has 3 aromatic rings. The molecule has 0 aliphatic carbocycles. The minimum atomic E-state index is 1.06. The van der Waals surface area contributed by atoms with Gasteiger partial charge in [0.1, 0.15) is 0 Å². The Balaban J connectivity index is 2.20. The van der Waals surface area contributed by atoms with Gasteiger partial charge in [0.05, 0.1) is 0 Å². The van der Waals surface area contributed by atoms with E-state index in [0.717, 1.165) is 6.42 Å². The Labute approximate surface area is 120 Å². The van der Waals surface area contributed by atoms with Crippen molar-refractivity contribution in [1.29, 1.82) is 0 Å². The zero-order valence-electron chi connectivity index (χ0n) is 11.7. The lowest BCUT2D eigenvalue weighted by molar-refractivity contribution is 1.14. The fourth-order valence-corrected chi connectivity index (χ4v) is 2.54. The number of rotatable bonds is 3. The van der Waals surface area contributed by atoms with Gasteiger partial charge in [-0.25, -0.2) is 0 Å². The van der Waals surface area contributed by atoms with E-state index in [4.69, 9.17) is 0 Å². The van der Waals surface area contributed by atoms with E-state index in [1.165, 1.54) is 27.8 Å². The summed E-state index contributed by atoms with van der Waals surface area (Å²) in [4.78, 5) is 0. The van der Waals surface area contributed by atoms with Crippen LogP contribution < -0.4 is 0 Å². The van der Waals surface area contributed by atoms with Crippen LogP contribution in [0.2, 0.25) is 0 Å². The van der Waals surface area contributed by atoms with Crippen LogP contribution in [-0.2, 0) is 6.42 Å². The Hall–Kier alpha value is -2.34. The molecule has 98 valence electrons. The summed E-state index contributed by atoms with van der Waals surface area (Å²) in [6.07, 6.45) is 1.06. The summed E-state index contributed by atoms with van der Waals surface area (Å²) in [5.41, 5.74) is 6.55. The first-order chi connectivity index (χ1) is 9.88. The minimum Gasteiger partial charge on any atom is -0.0622 e. The van der Waals surface area contributed by atoms with Crippen LogP contribution in [0.15, 0.2) is 78.9 Å². The van der Waals surface area contributed by atoms with Gasteiger partial charge < -0.3 is 0 Å². The maximum atomic E-state index is 2.32. The smallest absolute Gasteiger partial charge is 0.0103 e. The molecule has 0 radical (unpaired) electrons. The Kier molecular flexibility index (Phi) is 3.64. The number of hydrogen-bond donors (Lipinski definition) is 0. The first-order valence-electron chi connectivity index (χ1n) is 7.12. The quantitative estimate of drug-likeness (QED) is 0.575. The summed E-state index contributed by atoms with van der Waals surface area (Å²) in [5, 5.41) is 0. The summed E-state index contributed by atoms with van der Waals surface area (Å²) >= 11 is 0. The Morgan fingerprint density at radius 1 is 0.600 bits per heavy atom. The molecule has 0 amide bonds. The lowest BCUT2D eigenvalue weighted by Crippen LogP contribution is -1.88. The van der Waals surface area contributed by atoms with Crippen LogP contribution in [-0.4, -0.2) is 0 Å². The van der Waals surface area contributed by atoms with E-state index in [0.29, 0.717) is 0 Å². The zero-order valence-corrected chi connectivity index (χ0v) is 11.7. The van der Waals surface area contributed by atoms with Gasteiger partial charge in [0.25, 0.3) is 0 Å². The predicted molar refractivity (Wildman–Crippen MR) is 86.7 cm³/mol. The standard InChI is InChI=1S/C20H18/c1-2-16-13-14-19(17-9-5-3-6-10-17)20(15-16)18-11-7-4-8-12-18/h3-15H,2H2,1H3. The van der Waals surface area contributed by atoms with Gasteiger partial charge in [-0.1, -0.05) is 85.8 Å². The van der Waals surface area contributed by atoms with E-state index in [9.17, 15) is 0 Å². The molecule has 0 heterocycles. The fourth-order valence-electron chi connectivity index (χ4n) is 2.54. The highest BCUT2D eigenvalue weighted by molar-refractivity contribution is 5.83. The lowest BCUT2D eigenvalue weighted by Gasteiger charge is -2.12. The number of aryl methyl sites for hydroxylation is 1. The summed E-state index contributed by atoms with van der Waals surface area (Å²) < 4.78 is 0. The van der Waals surface area contributed by atoms with Crippen molar-refractivity contribution in [3.63, 3.8) is 0 Å². The highest BCUT2D eigenvalue weighted by atomic mass is 14.1. The summed E-state index contributed by atoms with van der Waals surface area (Å²) in [7, 11) is 0. The van der Waals surface area contributed by atoms with E-state index in [2.05, 4.69) is 85.8 Å². The lowest BCUT2D eigenvalue weighted by atomic mass is 9.92. The SMILES string of the molecule is CCc1ccc(-c2ccccc2)c(-c2ccccc2)c1. The van der Waals surface area contributed by atoms with Crippen LogP contribution in [0.3, 0.4) is 0 Å². The van der Waals surface area contributed by atoms with Crippen LogP contribution in [0.4, 0.5) is 0 Å². The molecule has 0 aliphatic heterocycles. The molecule has 20 heavy (non-hydrogen) atoms. The van der Waals surface area contributed by atoms with Gasteiger partial charge in [-0.15, -0.1) is 0 Å². The van der Waals surface area contributed by atoms with Gasteiger partial charge in [0.15, 0.2) is 0 Å². The molecule has 0 atom stereocenters. The molecule has 0 fully saturated rings. The highest BCUT2D eigenvalue weighted by Gasteiger charge is 2.07. The molecule has 0 spiro atoms. The van der Waals surface area contributed by atoms with Crippen LogP contribution in [0.5, 0.6) is 0 Å². The first-order valence-corrected chi connectivity index (χ1v) is 7.12. The molecule has 0 saturated carbocycles. The maximum Gasteiger partial charge on any atom is -0.0103 e. The van der Waals surface area contributed by atoms with Crippen LogP contribution in [0, 0.1) is 0 Å². The van der Waals surface area contributed by atoms with Gasteiger partial charge in [0.2, 0.25) is 0 Å². The molecule has 3 rings (SSSR count). The molecular formula is C20H18. The Morgan fingerprint density at radius 2 is 1.15 bits per heavy atom. The molecule has 0 bridgehead atoms. The molecule has 0 aliphatic rings. The average molecular weight is 258 g/mol. The number of benzene rings is 3. The van der Waals surface area contributed by atoms with Crippen LogP contribution >= 0.6 is 0 Å². The fraction of sp³-hybridized carbons (Fsp3) is 0.100. The normalized spacial score (nSPS) is 10.4. The molecule has 0 aromatic heterocycles. The van der Waals surface area contributed by atoms with Crippen molar-refractivity contribution in [2.75, 3.05) is 0 Å². The van der Waals surface area contributed by atoms with Crippen LogP contribution in [0.1, 0.15) is 12.5 Å². The summed E-state index contributed by atoms with van der Waals surface area (Å²) in [5.74, 6) is 0. The van der Waals surface area contributed by atoms with Gasteiger partial charge >= 0.3 is 0 Å². The predicted octanol–water partition coefficient (Wildman–Crippen LogP) is 5.58. The Bertz CT molecular complexity index is 682. The molecule has 0 N–H and O–H groups in total. The topological polar surface area (TPSA) is 0 Å². The molecule has 0 heteroatoms. The zero-order chi connectivity index (χ0) is 13.8. The maximum absolute atomic E-state index is 2.32. The van der Waals surface area contributed by atoms with Crippen molar-refractivity contribution in [1.82, 2.24) is 0 Å². The van der Waals surface area contributed by atoms with Gasteiger partial charge in [0, 0.05) is 0 Å². The average Bonchev–Trinajstić information content (AvgIpc) is 2.56. The monoisotopic (exact) mass is 258 g/mol. The third kappa shape index (κ3) is 2.50. The minimum absolute atomic E-state index is 1.06.